The summed E-state index contributed by atoms with van der Waals surface area (Å²) < 4.78 is 0. The Kier molecular flexibility index (Phi) is 5.26. The fraction of sp³-hybridized carbons (Fsp3) is 0.143. The van der Waals surface area contributed by atoms with Crippen molar-refractivity contribution < 1.29 is 4.92 Å². The highest BCUT2D eigenvalue weighted by atomic mass is 16.6. The summed E-state index contributed by atoms with van der Waals surface area (Å²) >= 11 is 0. The minimum atomic E-state index is -0.409. The van der Waals surface area contributed by atoms with Crippen molar-refractivity contribution in [2.24, 2.45) is 0 Å². The number of anilines is 1. The van der Waals surface area contributed by atoms with E-state index in [-0.39, 0.29) is 5.69 Å². The Hall–Kier alpha value is -3.54. The zero-order valence-electron chi connectivity index (χ0n) is 15.3. The number of nitrogens with one attached hydrogen (secondary N) is 1. The number of hydrogen-bond acceptors (Lipinski definition) is 5. The average Bonchev–Trinajstić information content (AvgIpc) is 2.66. The number of nitro groups is 1. The van der Waals surface area contributed by atoms with Crippen molar-refractivity contribution in [3.63, 3.8) is 0 Å². The molecule has 0 atom stereocenters. The molecule has 3 aromatic rings. The van der Waals surface area contributed by atoms with E-state index < -0.39 is 4.92 Å². The number of rotatable bonds is 6. The Labute approximate surface area is 157 Å². The molecule has 6 nitrogen and oxygen atoms in total. The van der Waals surface area contributed by atoms with E-state index in [1.165, 1.54) is 23.3 Å². The molecule has 1 aromatic heterocycles. The Morgan fingerprint density at radius 3 is 2.48 bits per heavy atom. The molecule has 136 valence electrons. The lowest BCUT2D eigenvalue weighted by molar-refractivity contribution is -0.384. The third kappa shape index (κ3) is 4.17. The lowest BCUT2D eigenvalue weighted by Crippen LogP contribution is -2.04. The summed E-state index contributed by atoms with van der Waals surface area (Å²) in [6, 6.07) is 10.5. The average molecular weight is 360 g/mol. The molecule has 0 fully saturated rings. The Morgan fingerprint density at radius 2 is 1.81 bits per heavy atom. The van der Waals surface area contributed by atoms with Crippen molar-refractivity contribution >= 4 is 34.7 Å². The number of nitrogens with zero attached hydrogens (tertiary/aromatic N) is 3. The molecule has 0 aliphatic rings. The van der Waals surface area contributed by atoms with Crippen LogP contribution in [0.4, 0.5) is 11.6 Å². The molecule has 0 aliphatic heterocycles. The summed E-state index contributed by atoms with van der Waals surface area (Å²) in [4.78, 5) is 19.6. The number of nitro benzene ring substituents is 1. The Morgan fingerprint density at radius 1 is 1.11 bits per heavy atom. The smallest absolute Gasteiger partial charge is 0.269 e. The molecular formula is C21H20N4O2. The van der Waals surface area contributed by atoms with Gasteiger partial charge in [0.15, 0.2) is 0 Å². The van der Waals surface area contributed by atoms with Gasteiger partial charge in [-0.05, 0) is 60.9 Å². The van der Waals surface area contributed by atoms with Crippen LogP contribution in [0, 0.1) is 24.0 Å². The zero-order valence-corrected chi connectivity index (χ0v) is 15.3. The van der Waals surface area contributed by atoms with Crippen LogP contribution in [0.2, 0.25) is 0 Å². The summed E-state index contributed by atoms with van der Waals surface area (Å²) in [5, 5.41) is 14.9. The summed E-state index contributed by atoms with van der Waals surface area (Å²) in [6.07, 6.45) is 5.54. The van der Waals surface area contributed by atoms with Crippen molar-refractivity contribution in [3.05, 3.63) is 81.6 Å². The molecule has 0 spiro atoms. The van der Waals surface area contributed by atoms with Crippen LogP contribution in [-0.4, -0.2) is 21.4 Å². The van der Waals surface area contributed by atoms with Gasteiger partial charge in [0.05, 0.1) is 16.1 Å². The number of hydrogen-bond donors (Lipinski definition) is 1. The van der Waals surface area contributed by atoms with Gasteiger partial charge in [0.1, 0.15) is 0 Å². The van der Waals surface area contributed by atoms with Gasteiger partial charge in [0, 0.05) is 24.1 Å². The monoisotopic (exact) mass is 360 g/mol. The predicted molar refractivity (Wildman–Crippen MR) is 110 cm³/mol. The molecule has 0 amide bonds. The first-order chi connectivity index (χ1) is 13.0. The van der Waals surface area contributed by atoms with Crippen LogP contribution in [0.15, 0.2) is 49.1 Å². The summed E-state index contributed by atoms with van der Waals surface area (Å²) in [5.74, 6) is 0.536. The second kappa shape index (κ2) is 7.78. The summed E-state index contributed by atoms with van der Waals surface area (Å²) in [5.41, 5.74) is 4.92. The van der Waals surface area contributed by atoms with Gasteiger partial charge in [-0.25, -0.2) is 9.97 Å². The van der Waals surface area contributed by atoms with Crippen LogP contribution >= 0.6 is 0 Å². The van der Waals surface area contributed by atoms with Gasteiger partial charge >= 0.3 is 0 Å². The van der Waals surface area contributed by atoms with E-state index in [1.807, 2.05) is 12.2 Å². The van der Waals surface area contributed by atoms with E-state index in [0.717, 1.165) is 22.2 Å². The molecule has 1 N–H and O–H groups in total. The molecular weight excluding hydrogens is 340 g/mol. The molecule has 0 unspecified atom stereocenters. The highest BCUT2D eigenvalue weighted by Crippen LogP contribution is 2.24. The van der Waals surface area contributed by atoms with E-state index in [4.69, 9.17) is 0 Å². The standard InChI is InChI=1S/C21H20N4O2/c1-4-11-22-21-23-19(18-12-14(2)15(3)13-20(18)24-21)10-7-16-5-8-17(9-6-16)25(26)27/h4-10,12-13H,1,11H2,2-3H3,(H,22,23,24)/b10-7+. The predicted octanol–water partition coefficient (Wildman–Crippen LogP) is 4.92. The molecule has 27 heavy (non-hydrogen) atoms. The molecule has 0 aliphatic carbocycles. The fourth-order valence-corrected chi connectivity index (χ4v) is 2.66. The highest BCUT2D eigenvalue weighted by molar-refractivity contribution is 5.90. The van der Waals surface area contributed by atoms with Crippen LogP contribution in [0.1, 0.15) is 22.4 Å². The molecule has 0 radical (unpaired) electrons. The number of aromatic nitrogens is 2. The van der Waals surface area contributed by atoms with Gasteiger partial charge in [-0.15, -0.1) is 6.58 Å². The van der Waals surface area contributed by atoms with Crippen LogP contribution in [0.5, 0.6) is 0 Å². The second-order valence-electron chi connectivity index (χ2n) is 6.24. The van der Waals surface area contributed by atoms with Crippen molar-refractivity contribution in [1.82, 2.24) is 9.97 Å². The summed E-state index contributed by atoms with van der Waals surface area (Å²) in [6.45, 7) is 8.39. The Bertz CT molecular complexity index is 1040. The number of non-ortho nitro benzene ring substituents is 1. The SMILES string of the molecule is C=CCNc1nc(/C=C/c2ccc([N+](=O)[O-])cc2)c2cc(C)c(C)cc2n1. The van der Waals surface area contributed by atoms with Gasteiger partial charge < -0.3 is 5.32 Å². The lowest BCUT2D eigenvalue weighted by atomic mass is 10.0. The van der Waals surface area contributed by atoms with Crippen molar-refractivity contribution in [3.8, 4) is 0 Å². The maximum atomic E-state index is 10.8. The minimum absolute atomic E-state index is 0.0710. The number of aryl methyl sites for hydroxylation is 2. The van der Waals surface area contributed by atoms with E-state index in [9.17, 15) is 10.1 Å². The second-order valence-corrected chi connectivity index (χ2v) is 6.24. The number of fused-ring (bicyclic) bond motifs is 1. The first kappa shape index (κ1) is 18.3. The molecule has 1 heterocycles. The first-order valence-corrected chi connectivity index (χ1v) is 8.54. The molecule has 6 heteroatoms. The largest absolute Gasteiger partial charge is 0.351 e. The number of benzene rings is 2. The zero-order chi connectivity index (χ0) is 19.4. The van der Waals surface area contributed by atoms with Crippen LogP contribution in [-0.2, 0) is 0 Å². The normalized spacial score (nSPS) is 11.0. The molecule has 0 saturated heterocycles. The highest BCUT2D eigenvalue weighted by Gasteiger charge is 2.08. The third-order valence-corrected chi connectivity index (χ3v) is 4.28. The van der Waals surface area contributed by atoms with E-state index in [2.05, 4.69) is 47.8 Å². The van der Waals surface area contributed by atoms with Crippen LogP contribution in [0.25, 0.3) is 23.1 Å². The quantitative estimate of drug-likeness (QED) is 0.383. The van der Waals surface area contributed by atoms with Gasteiger partial charge in [-0.1, -0.05) is 12.2 Å². The molecule has 3 rings (SSSR count). The van der Waals surface area contributed by atoms with Crippen molar-refractivity contribution in [1.29, 1.82) is 0 Å². The minimum Gasteiger partial charge on any atom is -0.351 e. The van der Waals surface area contributed by atoms with Gasteiger partial charge in [0.25, 0.3) is 5.69 Å². The van der Waals surface area contributed by atoms with Crippen molar-refractivity contribution in [2.45, 2.75) is 13.8 Å². The molecule has 2 aromatic carbocycles. The lowest BCUT2D eigenvalue weighted by Gasteiger charge is -2.09. The van der Waals surface area contributed by atoms with E-state index >= 15 is 0 Å². The first-order valence-electron chi connectivity index (χ1n) is 8.54. The van der Waals surface area contributed by atoms with Crippen molar-refractivity contribution in [2.75, 3.05) is 11.9 Å². The van der Waals surface area contributed by atoms with E-state index in [0.29, 0.717) is 12.5 Å². The third-order valence-electron chi connectivity index (χ3n) is 4.28. The maximum Gasteiger partial charge on any atom is 0.269 e. The Balaban J connectivity index is 2.03. The van der Waals surface area contributed by atoms with Gasteiger partial charge in [-0.2, -0.15) is 0 Å². The van der Waals surface area contributed by atoms with Gasteiger partial charge in [0.2, 0.25) is 5.95 Å². The summed E-state index contributed by atoms with van der Waals surface area (Å²) in [7, 11) is 0. The van der Waals surface area contributed by atoms with Crippen LogP contribution in [0.3, 0.4) is 0 Å². The fourth-order valence-electron chi connectivity index (χ4n) is 2.66. The van der Waals surface area contributed by atoms with Crippen LogP contribution < -0.4 is 5.32 Å². The van der Waals surface area contributed by atoms with Gasteiger partial charge in [-0.3, -0.25) is 10.1 Å². The molecule has 0 bridgehead atoms. The van der Waals surface area contributed by atoms with E-state index in [1.54, 1.807) is 18.2 Å². The topological polar surface area (TPSA) is 81.0 Å². The molecule has 0 saturated carbocycles. The maximum absolute atomic E-state index is 10.8.